The van der Waals surface area contributed by atoms with E-state index >= 15 is 0 Å². The summed E-state index contributed by atoms with van der Waals surface area (Å²) in [4.78, 5) is 16.0. The lowest BCUT2D eigenvalue weighted by molar-refractivity contribution is -0.858. The Hall–Kier alpha value is -2.38. The zero-order valence-electron chi connectivity index (χ0n) is 17.1. The van der Waals surface area contributed by atoms with Gasteiger partial charge in [-0.05, 0) is 36.8 Å². The summed E-state index contributed by atoms with van der Waals surface area (Å²) >= 11 is 5.62. The van der Waals surface area contributed by atoms with Gasteiger partial charge < -0.3 is 24.6 Å². The number of carbonyl (C=O) groups excluding carboxylic acids is 1. The number of methoxy groups -OCH3 is 1. The Labute approximate surface area is 172 Å². The first kappa shape index (κ1) is 21.9. The number of thiocarbonyl (C=S) groups is 1. The number of allylic oxidation sites excluding steroid dienone is 1. The highest BCUT2D eigenvalue weighted by molar-refractivity contribution is 7.80. The Morgan fingerprint density at radius 1 is 1.43 bits per heavy atom. The van der Waals surface area contributed by atoms with Crippen LogP contribution in [0.3, 0.4) is 0 Å². The van der Waals surface area contributed by atoms with Gasteiger partial charge in [0.05, 0.1) is 39.4 Å². The molecule has 1 heterocycles. The Balaban J connectivity index is 2.36. The monoisotopic (exact) mass is 404 g/mol. The third-order valence-electron chi connectivity index (χ3n) is 4.62. The molecule has 0 spiro atoms. The zero-order valence-corrected chi connectivity index (χ0v) is 17.9. The molecule has 2 N–H and O–H groups in total. The summed E-state index contributed by atoms with van der Waals surface area (Å²) in [6, 6.07) is 7.24. The van der Waals surface area contributed by atoms with E-state index in [0.717, 1.165) is 30.8 Å². The van der Waals surface area contributed by atoms with Crippen LogP contribution in [-0.4, -0.2) is 56.9 Å². The van der Waals surface area contributed by atoms with E-state index in [9.17, 15) is 4.79 Å². The molecule has 7 heteroatoms. The van der Waals surface area contributed by atoms with E-state index < -0.39 is 0 Å². The fourth-order valence-electron chi connectivity index (χ4n) is 3.20. The van der Waals surface area contributed by atoms with Crippen molar-refractivity contribution in [1.82, 2.24) is 10.2 Å². The van der Waals surface area contributed by atoms with Crippen LogP contribution < -0.4 is 15.0 Å². The number of hydrogen-bond donors (Lipinski definition) is 2. The number of nitrogens with one attached hydrogen (secondary N) is 2. The standard InChI is InChI=1S/C21H29N3O3S/c1-6-13-27-17-10-7-9-16(14-17)19-18(20(25)26-5)15(2)24(21(28)22-19)12-8-11-23(3)4/h6-7,9-10,14,19H,1,8,11-13H2,2-5H3,(H,22,28)/p+1/t19-/m1/s1. The fourth-order valence-corrected chi connectivity index (χ4v) is 3.55. The molecule has 0 aliphatic carbocycles. The van der Waals surface area contributed by atoms with E-state index in [2.05, 4.69) is 26.0 Å². The van der Waals surface area contributed by atoms with E-state index in [1.807, 2.05) is 36.1 Å². The molecule has 1 aliphatic heterocycles. The Morgan fingerprint density at radius 2 is 2.18 bits per heavy atom. The SMILES string of the molecule is C=CCOc1cccc([C@H]2NC(=S)N(CCC[NH+](C)C)C(C)=C2C(=O)OC)c1. The van der Waals surface area contributed by atoms with Crippen LogP contribution in [0.5, 0.6) is 5.75 Å². The summed E-state index contributed by atoms with van der Waals surface area (Å²) in [5.41, 5.74) is 2.28. The molecule has 152 valence electrons. The number of carbonyl (C=O) groups is 1. The van der Waals surface area contributed by atoms with Gasteiger partial charge in [-0.3, -0.25) is 0 Å². The van der Waals surface area contributed by atoms with Crippen molar-refractivity contribution in [2.75, 3.05) is 40.9 Å². The highest BCUT2D eigenvalue weighted by Gasteiger charge is 2.34. The molecule has 1 aliphatic rings. The third-order valence-corrected chi connectivity index (χ3v) is 4.96. The summed E-state index contributed by atoms with van der Waals surface area (Å²) in [5, 5.41) is 3.93. The highest BCUT2D eigenvalue weighted by atomic mass is 32.1. The van der Waals surface area contributed by atoms with Crippen molar-refractivity contribution in [3.05, 3.63) is 53.8 Å². The van der Waals surface area contributed by atoms with E-state index in [-0.39, 0.29) is 12.0 Å². The fraction of sp³-hybridized carbons (Fsp3) is 0.429. The number of hydrogen-bond acceptors (Lipinski definition) is 4. The van der Waals surface area contributed by atoms with Crippen LogP contribution in [-0.2, 0) is 9.53 Å². The lowest BCUT2D eigenvalue weighted by Gasteiger charge is -2.37. The number of quaternary nitrogens is 1. The van der Waals surface area contributed by atoms with Crippen LogP contribution in [0, 0.1) is 0 Å². The molecule has 6 nitrogen and oxygen atoms in total. The van der Waals surface area contributed by atoms with Gasteiger partial charge in [-0.1, -0.05) is 24.8 Å². The van der Waals surface area contributed by atoms with E-state index in [4.69, 9.17) is 21.7 Å². The molecule has 0 unspecified atom stereocenters. The maximum absolute atomic E-state index is 12.6. The van der Waals surface area contributed by atoms with Gasteiger partial charge in [0.2, 0.25) is 0 Å². The molecular formula is C21H30N3O3S+. The summed E-state index contributed by atoms with van der Waals surface area (Å²) in [5.74, 6) is 0.349. The van der Waals surface area contributed by atoms with Gasteiger partial charge in [-0.15, -0.1) is 0 Å². The molecule has 28 heavy (non-hydrogen) atoms. The molecule has 0 bridgehead atoms. The lowest BCUT2D eigenvalue weighted by Crippen LogP contribution is -3.05. The van der Waals surface area contributed by atoms with Crippen molar-refractivity contribution in [2.45, 2.75) is 19.4 Å². The molecule has 1 aromatic carbocycles. The predicted octanol–water partition coefficient (Wildman–Crippen LogP) is 1.46. The van der Waals surface area contributed by atoms with Crippen LogP contribution in [0.15, 0.2) is 48.2 Å². The van der Waals surface area contributed by atoms with Crippen molar-refractivity contribution in [3.8, 4) is 5.75 Å². The first-order chi connectivity index (χ1) is 13.4. The maximum Gasteiger partial charge on any atom is 0.337 e. The summed E-state index contributed by atoms with van der Waals surface area (Å²) in [6.45, 7) is 7.78. The Bertz CT molecular complexity index is 761. The zero-order chi connectivity index (χ0) is 20.7. The normalized spacial score (nSPS) is 16.8. The Morgan fingerprint density at radius 3 is 2.82 bits per heavy atom. The maximum atomic E-state index is 12.6. The first-order valence-corrected chi connectivity index (χ1v) is 9.79. The van der Waals surface area contributed by atoms with E-state index in [1.54, 1.807) is 6.08 Å². The molecule has 0 saturated heterocycles. The minimum absolute atomic E-state index is 0.363. The van der Waals surface area contributed by atoms with Crippen molar-refractivity contribution in [1.29, 1.82) is 0 Å². The van der Waals surface area contributed by atoms with Gasteiger partial charge in [0.15, 0.2) is 5.11 Å². The van der Waals surface area contributed by atoms with Gasteiger partial charge in [0.25, 0.3) is 0 Å². The predicted molar refractivity (Wildman–Crippen MR) is 114 cm³/mol. The largest absolute Gasteiger partial charge is 0.490 e. The van der Waals surface area contributed by atoms with Crippen LogP contribution in [0.25, 0.3) is 0 Å². The Kier molecular flexibility index (Phi) is 8.02. The molecular weight excluding hydrogens is 374 g/mol. The van der Waals surface area contributed by atoms with Crippen molar-refractivity contribution >= 4 is 23.3 Å². The first-order valence-electron chi connectivity index (χ1n) is 9.38. The lowest BCUT2D eigenvalue weighted by atomic mass is 9.94. The van der Waals surface area contributed by atoms with Crippen LogP contribution in [0.4, 0.5) is 0 Å². The second-order valence-electron chi connectivity index (χ2n) is 7.01. The van der Waals surface area contributed by atoms with E-state index in [1.165, 1.54) is 12.0 Å². The number of ether oxygens (including phenoxy) is 2. The molecule has 0 saturated carbocycles. The minimum atomic E-state index is -0.386. The van der Waals surface area contributed by atoms with Gasteiger partial charge in [-0.2, -0.15) is 0 Å². The molecule has 0 amide bonds. The van der Waals surface area contributed by atoms with Crippen LogP contribution in [0.2, 0.25) is 0 Å². The summed E-state index contributed by atoms with van der Waals surface area (Å²) in [6.07, 6.45) is 2.66. The molecule has 0 aromatic heterocycles. The number of nitrogens with zero attached hydrogens (tertiary/aromatic N) is 1. The van der Waals surface area contributed by atoms with Gasteiger partial charge in [0.1, 0.15) is 12.4 Å². The number of benzene rings is 1. The second-order valence-corrected chi connectivity index (χ2v) is 7.39. The number of rotatable bonds is 9. The van der Waals surface area contributed by atoms with Crippen molar-refractivity contribution in [2.24, 2.45) is 0 Å². The quantitative estimate of drug-likeness (QED) is 0.369. The van der Waals surface area contributed by atoms with Crippen LogP contribution in [0.1, 0.15) is 24.9 Å². The van der Waals surface area contributed by atoms with E-state index in [0.29, 0.717) is 23.0 Å². The molecule has 0 fully saturated rings. The summed E-state index contributed by atoms with van der Waals surface area (Å²) in [7, 11) is 5.63. The number of esters is 1. The van der Waals surface area contributed by atoms with Crippen molar-refractivity contribution in [3.63, 3.8) is 0 Å². The average Bonchev–Trinajstić information content (AvgIpc) is 2.67. The molecule has 0 radical (unpaired) electrons. The smallest absolute Gasteiger partial charge is 0.337 e. The third kappa shape index (κ3) is 5.33. The molecule has 1 aromatic rings. The average molecular weight is 405 g/mol. The second kappa shape index (κ2) is 10.2. The van der Waals surface area contributed by atoms with Gasteiger partial charge in [0, 0.05) is 18.7 Å². The minimum Gasteiger partial charge on any atom is -0.490 e. The molecule has 1 atom stereocenters. The van der Waals surface area contributed by atoms with Gasteiger partial charge >= 0.3 is 5.97 Å². The van der Waals surface area contributed by atoms with Crippen molar-refractivity contribution < 1.29 is 19.2 Å². The van der Waals surface area contributed by atoms with Gasteiger partial charge in [-0.25, -0.2) is 4.79 Å². The summed E-state index contributed by atoms with van der Waals surface area (Å²) < 4.78 is 10.7. The van der Waals surface area contributed by atoms with Crippen LogP contribution >= 0.6 is 12.2 Å². The topological polar surface area (TPSA) is 55.2 Å². The molecule has 2 rings (SSSR count). The highest BCUT2D eigenvalue weighted by Crippen LogP contribution is 2.32.